The quantitative estimate of drug-likeness (QED) is 0.816. The van der Waals surface area contributed by atoms with Gasteiger partial charge in [-0.2, -0.15) is 0 Å². The molecule has 0 atom stereocenters. The first-order valence-corrected chi connectivity index (χ1v) is 6.67. The number of aliphatic hydroxyl groups excluding tert-OH is 1. The van der Waals surface area contributed by atoms with Crippen LogP contribution in [-0.2, 0) is 6.42 Å². The summed E-state index contributed by atoms with van der Waals surface area (Å²) < 4.78 is 0. The SMILES string of the molecule is CCCc1cc(C(=O)N(CCO)C(C)C)cc(N)n1. The maximum Gasteiger partial charge on any atom is 0.254 e. The Kier molecular flexibility index (Phi) is 5.76. The second-order valence-corrected chi connectivity index (χ2v) is 4.84. The molecule has 1 aromatic heterocycles. The normalized spacial score (nSPS) is 10.8. The molecule has 0 unspecified atom stereocenters. The standard InChI is InChI=1S/C14H23N3O2/c1-4-5-12-8-11(9-13(15)16-12)14(19)17(6-7-18)10(2)3/h8-10,18H,4-7H2,1-3H3,(H2,15,16). The smallest absolute Gasteiger partial charge is 0.254 e. The Morgan fingerprint density at radius 3 is 2.68 bits per heavy atom. The number of hydrogen-bond acceptors (Lipinski definition) is 4. The fourth-order valence-electron chi connectivity index (χ4n) is 1.99. The summed E-state index contributed by atoms with van der Waals surface area (Å²) in [6.07, 6.45) is 1.75. The molecule has 0 bridgehead atoms. The molecular formula is C14H23N3O2. The van der Waals surface area contributed by atoms with Crippen molar-refractivity contribution in [3.8, 4) is 0 Å². The van der Waals surface area contributed by atoms with Gasteiger partial charge in [-0.1, -0.05) is 13.3 Å². The van der Waals surface area contributed by atoms with Gasteiger partial charge >= 0.3 is 0 Å². The van der Waals surface area contributed by atoms with Crippen LogP contribution in [0.1, 0.15) is 43.2 Å². The van der Waals surface area contributed by atoms with E-state index in [0.717, 1.165) is 18.5 Å². The Morgan fingerprint density at radius 1 is 1.47 bits per heavy atom. The number of nitrogens with zero attached hydrogens (tertiary/aromatic N) is 2. The number of carbonyl (C=O) groups excluding carboxylic acids is 1. The van der Waals surface area contributed by atoms with Crippen LogP contribution in [0.15, 0.2) is 12.1 Å². The average Bonchev–Trinajstić information content (AvgIpc) is 2.34. The molecule has 0 saturated carbocycles. The van der Waals surface area contributed by atoms with Gasteiger partial charge in [-0.05, 0) is 32.4 Å². The number of pyridine rings is 1. The summed E-state index contributed by atoms with van der Waals surface area (Å²) in [5.74, 6) is 0.248. The van der Waals surface area contributed by atoms with Gasteiger partial charge < -0.3 is 15.7 Å². The van der Waals surface area contributed by atoms with Crippen LogP contribution in [0.3, 0.4) is 0 Å². The zero-order valence-electron chi connectivity index (χ0n) is 11.9. The van der Waals surface area contributed by atoms with E-state index in [-0.39, 0.29) is 18.6 Å². The number of aliphatic hydroxyl groups is 1. The van der Waals surface area contributed by atoms with Crippen LogP contribution in [0.5, 0.6) is 0 Å². The molecule has 0 spiro atoms. The minimum absolute atomic E-state index is 0.0312. The molecule has 0 aromatic carbocycles. The highest BCUT2D eigenvalue weighted by molar-refractivity contribution is 5.95. The number of anilines is 1. The fraction of sp³-hybridized carbons (Fsp3) is 0.571. The highest BCUT2D eigenvalue weighted by Gasteiger charge is 2.19. The summed E-state index contributed by atoms with van der Waals surface area (Å²) in [7, 11) is 0. The van der Waals surface area contributed by atoms with Gasteiger partial charge in [0.05, 0.1) is 6.61 Å². The molecule has 0 fully saturated rings. The van der Waals surface area contributed by atoms with Gasteiger partial charge in [0.2, 0.25) is 0 Å². The molecule has 0 aliphatic carbocycles. The lowest BCUT2D eigenvalue weighted by atomic mass is 10.1. The van der Waals surface area contributed by atoms with Gasteiger partial charge in [-0.3, -0.25) is 4.79 Å². The van der Waals surface area contributed by atoms with Crippen molar-refractivity contribution in [3.05, 3.63) is 23.4 Å². The Morgan fingerprint density at radius 2 is 2.16 bits per heavy atom. The van der Waals surface area contributed by atoms with Gasteiger partial charge in [0.25, 0.3) is 5.91 Å². The zero-order valence-corrected chi connectivity index (χ0v) is 11.9. The molecule has 106 valence electrons. The Hall–Kier alpha value is -1.62. The number of hydrogen-bond donors (Lipinski definition) is 2. The van der Waals surface area contributed by atoms with Crippen molar-refractivity contribution in [2.24, 2.45) is 0 Å². The van der Waals surface area contributed by atoms with Crippen LogP contribution in [0.25, 0.3) is 0 Å². The Bertz CT molecular complexity index is 433. The zero-order chi connectivity index (χ0) is 14.4. The molecule has 1 heterocycles. The van der Waals surface area contributed by atoms with Gasteiger partial charge in [-0.15, -0.1) is 0 Å². The van der Waals surface area contributed by atoms with Crippen molar-refractivity contribution in [2.45, 2.75) is 39.7 Å². The van der Waals surface area contributed by atoms with E-state index in [1.54, 1.807) is 17.0 Å². The minimum atomic E-state index is -0.115. The minimum Gasteiger partial charge on any atom is -0.395 e. The van der Waals surface area contributed by atoms with Crippen LogP contribution in [0, 0.1) is 0 Å². The summed E-state index contributed by atoms with van der Waals surface area (Å²) in [5, 5.41) is 9.04. The predicted octanol–water partition coefficient (Wildman–Crippen LogP) is 1.46. The first-order chi connectivity index (χ1) is 8.99. The number of carbonyl (C=O) groups is 1. The summed E-state index contributed by atoms with van der Waals surface area (Å²) in [5.41, 5.74) is 7.12. The summed E-state index contributed by atoms with van der Waals surface area (Å²) in [6.45, 7) is 6.17. The lowest BCUT2D eigenvalue weighted by Gasteiger charge is -2.26. The number of aromatic nitrogens is 1. The Labute approximate surface area is 114 Å². The third-order valence-electron chi connectivity index (χ3n) is 2.88. The summed E-state index contributed by atoms with van der Waals surface area (Å²) >= 11 is 0. The van der Waals surface area contributed by atoms with Gasteiger partial charge in [0.15, 0.2) is 0 Å². The first-order valence-electron chi connectivity index (χ1n) is 6.67. The lowest BCUT2D eigenvalue weighted by Crippen LogP contribution is -2.39. The second-order valence-electron chi connectivity index (χ2n) is 4.84. The van der Waals surface area contributed by atoms with E-state index in [1.807, 2.05) is 13.8 Å². The number of rotatable bonds is 6. The molecule has 0 radical (unpaired) electrons. The fourth-order valence-corrected chi connectivity index (χ4v) is 1.99. The van der Waals surface area contributed by atoms with E-state index in [2.05, 4.69) is 11.9 Å². The second kappa shape index (κ2) is 7.09. The van der Waals surface area contributed by atoms with E-state index in [1.165, 1.54) is 0 Å². The van der Waals surface area contributed by atoms with Crippen molar-refractivity contribution >= 4 is 11.7 Å². The maximum absolute atomic E-state index is 12.4. The molecule has 19 heavy (non-hydrogen) atoms. The molecule has 0 aliphatic rings. The van der Waals surface area contributed by atoms with E-state index in [4.69, 9.17) is 10.8 Å². The summed E-state index contributed by atoms with van der Waals surface area (Å²) in [6, 6.07) is 3.41. The largest absolute Gasteiger partial charge is 0.395 e. The predicted molar refractivity (Wildman–Crippen MR) is 75.9 cm³/mol. The molecule has 5 nitrogen and oxygen atoms in total. The molecule has 1 amide bonds. The summed E-state index contributed by atoms with van der Waals surface area (Å²) in [4.78, 5) is 18.3. The topological polar surface area (TPSA) is 79.5 Å². The number of aryl methyl sites for hydroxylation is 1. The molecule has 3 N–H and O–H groups in total. The van der Waals surface area contributed by atoms with Crippen LogP contribution >= 0.6 is 0 Å². The van der Waals surface area contributed by atoms with Crippen LogP contribution in [-0.4, -0.2) is 40.1 Å². The monoisotopic (exact) mass is 265 g/mol. The number of nitrogens with two attached hydrogens (primary N) is 1. The van der Waals surface area contributed by atoms with Crippen molar-refractivity contribution in [1.82, 2.24) is 9.88 Å². The molecule has 0 aliphatic heterocycles. The molecule has 1 aromatic rings. The number of amides is 1. The van der Waals surface area contributed by atoms with Gasteiger partial charge in [-0.25, -0.2) is 4.98 Å². The average molecular weight is 265 g/mol. The van der Waals surface area contributed by atoms with Crippen molar-refractivity contribution in [3.63, 3.8) is 0 Å². The van der Waals surface area contributed by atoms with Gasteiger partial charge in [0, 0.05) is 23.8 Å². The molecule has 0 saturated heterocycles. The van der Waals surface area contributed by atoms with Gasteiger partial charge in [0.1, 0.15) is 5.82 Å². The van der Waals surface area contributed by atoms with Crippen molar-refractivity contribution in [2.75, 3.05) is 18.9 Å². The van der Waals surface area contributed by atoms with Crippen LogP contribution in [0.4, 0.5) is 5.82 Å². The van der Waals surface area contributed by atoms with E-state index < -0.39 is 0 Å². The highest BCUT2D eigenvalue weighted by atomic mass is 16.3. The first kappa shape index (κ1) is 15.4. The highest BCUT2D eigenvalue weighted by Crippen LogP contribution is 2.13. The maximum atomic E-state index is 12.4. The third-order valence-corrected chi connectivity index (χ3v) is 2.88. The van der Waals surface area contributed by atoms with Crippen LogP contribution < -0.4 is 5.73 Å². The lowest BCUT2D eigenvalue weighted by molar-refractivity contribution is 0.0665. The Balaban J connectivity index is 3.03. The van der Waals surface area contributed by atoms with Crippen LogP contribution in [0.2, 0.25) is 0 Å². The molecule has 5 heteroatoms. The van der Waals surface area contributed by atoms with Crippen molar-refractivity contribution in [1.29, 1.82) is 0 Å². The third kappa shape index (κ3) is 4.21. The number of nitrogen functional groups attached to an aromatic ring is 1. The van der Waals surface area contributed by atoms with E-state index in [9.17, 15) is 4.79 Å². The van der Waals surface area contributed by atoms with Crippen molar-refractivity contribution < 1.29 is 9.90 Å². The molecule has 1 rings (SSSR count). The molecular weight excluding hydrogens is 242 g/mol. The van der Waals surface area contributed by atoms with E-state index >= 15 is 0 Å². The van der Waals surface area contributed by atoms with E-state index in [0.29, 0.717) is 17.9 Å².